The number of aromatic nitrogens is 4. The molecular weight excluding hydrogens is 358 g/mol. The predicted octanol–water partition coefficient (Wildman–Crippen LogP) is 2.45. The Kier molecular flexibility index (Phi) is 4.54. The first-order chi connectivity index (χ1) is 13.5. The van der Waals surface area contributed by atoms with Crippen LogP contribution in [0.4, 0.5) is 0 Å². The second-order valence-electron chi connectivity index (χ2n) is 7.29. The average molecular weight is 379 g/mol. The summed E-state index contributed by atoms with van der Waals surface area (Å²) in [6, 6.07) is 6.82. The zero-order valence-corrected chi connectivity index (χ0v) is 15.7. The fourth-order valence-corrected chi connectivity index (χ4v) is 3.80. The molecule has 1 saturated heterocycles. The van der Waals surface area contributed by atoms with Gasteiger partial charge in [-0.15, -0.1) is 5.10 Å². The maximum absolute atomic E-state index is 13.1. The summed E-state index contributed by atoms with van der Waals surface area (Å²) < 4.78 is 1.62. The number of carbonyl (C=O) groups is 2. The maximum atomic E-state index is 13.1. The van der Waals surface area contributed by atoms with E-state index in [1.807, 2.05) is 31.2 Å². The molecule has 1 N–H and O–H groups in total. The number of likely N-dealkylation sites (tertiary alicyclic amines) is 1. The van der Waals surface area contributed by atoms with Crippen molar-refractivity contribution < 1.29 is 14.7 Å². The third-order valence-electron chi connectivity index (χ3n) is 5.39. The standard InChI is InChI=1S/C20H21N5O3/c1-12-7-9-24(17(10-12)20(27)28)19(26)18-13(2)25(23-22-18)16-5-3-4-14-11-21-8-6-15(14)16/h3-6,8,11-12,17H,7,9-10H2,1-2H3,(H,27,28). The monoisotopic (exact) mass is 379 g/mol. The Balaban J connectivity index is 1.72. The van der Waals surface area contributed by atoms with Crippen LogP contribution in [0.1, 0.15) is 35.9 Å². The van der Waals surface area contributed by atoms with Gasteiger partial charge in [0.15, 0.2) is 5.69 Å². The van der Waals surface area contributed by atoms with Crippen LogP contribution in [0.2, 0.25) is 0 Å². The van der Waals surface area contributed by atoms with Crippen molar-refractivity contribution in [2.75, 3.05) is 6.54 Å². The molecule has 1 aliphatic heterocycles. The van der Waals surface area contributed by atoms with Gasteiger partial charge < -0.3 is 10.0 Å². The van der Waals surface area contributed by atoms with Gasteiger partial charge in [-0.2, -0.15) is 0 Å². The lowest BCUT2D eigenvalue weighted by Crippen LogP contribution is -2.50. The fraction of sp³-hybridized carbons (Fsp3) is 0.350. The van der Waals surface area contributed by atoms with Crippen molar-refractivity contribution in [3.63, 3.8) is 0 Å². The van der Waals surface area contributed by atoms with Gasteiger partial charge in [0.05, 0.1) is 11.4 Å². The van der Waals surface area contributed by atoms with Crippen LogP contribution < -0.4 is 0 Å². The number of hydrogen-bond acceptors (Lipinski definition) is 5. The van der Waals surface area contributed by atoms with Gasteiger partial charge in [0.2, 0.25) is 0 Å². The third-order valence-corrected chi connectivity index (χ3v) is 5.39. The highest BCUT2D eigenvalue weighted by Crippen LogP contribution is 2.26. The van der Waals surface area contributed by atoms with Crippen molar-refractivity contribution in [3.8, 4) is 5.69 Å². The van der Waals surface area contributed by atoms with Crippen LogP contribution in [0.5, 0.6) is 0 Å². The molecule has 2 unspecified atom stereocenters. The summed E-state index contributed by atoms with van der Waals surface area (Å²) in [7, 11) is 0. The second-order valence-corrected chi connectivity index (χ2v) is 7.29. The van der Waals surface area contributed by atoms with E-state index in [1.54, 1.807) is 24.0 Å². The minimum Gasteiger partial charge on any atom is -0.480 e. The lowest BCUT2D eigenvalue weighted by atomic mass is 9.92. The Bertz CT molecular complexity index is 1060. The van der Waals surface area contributed by atoms with E-state index < -0.39 is 12.0 Å². The van der Waals surface area contributed by atoms with Gasteiger partial charge in [-0.25, -0.2) is 9.48 Å². The summed E-state index contributed by atoms with van der Waals surface area (Å²) in [4.78, 5) is 30.3. The van der Waals surface area contributed by atoms with Gasteiger partial charge in [0.25, 0.3) is 5.91 Å². The van der Waals surface area contributed by atoms with E-state index in [1.165, 1.54) is 4.90 Å². The number of carbonyl (C=O) groups excluding carboxylic acids is 1. The highest BCUT2D eigenvalue weighted by atomic mass is 16.4. The Morgan fingerprint density at radius 1 is 1.25 bits per heavy atom. The molecule has 8 heteroatoms. The highest BCUT2D eigenvalue weighted by Gasteiger charge is 2.37. The molecular formula is C20H21N5O3. The van der Waals surface area contributed by atoms with E-state index in [4.69, 9.17) is 0 Å². The molecule has 1 amide bonds. The van der Waals surface area contributed by atoms with Crippen LogP contribution in [-0.2, 0) is 4.79 Å². The van der Waals surface area contributed by atoms with Gasteiger partial charge in [0.1, 0.15) is 6.04 Å². The summed E-state index contributed by atoms with van der Waals surface area (Å²) in [6.07, 6.45) is 4.70. The van der Waals surface area contributed by atoms with Gasteiger partial charge >= 0.3 is 5.97 Å². The minimum atomic E-state index is -0.980. The number of nitrogens with zero attached hydrogens (tertiary/aromatic N) is 5. The molecule has 0 radical (unpaired) electrons. The molecule has 3 heterocycles. The maximum Gasteiger partial charge on any atom is 0.326 e. The SMILES string of the molecule is Cc1c(C(=O)N2CCC(C)CC2C(=O)O)nnn1-c1cccc2cnccc12. The normalized spacial score (nSPS) is 19.7. The first kappa shape index (κ1) is 18.1. The van der Waals surface area contributed by atoms with E-state index >= 15 is 0 Å². The van der Waals surface area contributed by atoms with E-state index in [9.17, 15) is 14.7 Å². The zero-order valence-electron chi connectivity index (χ0n) is 15.7. The number of aliphatic carboxylic acids is 1. The Hall–Kier alpha value is -3.29. The molecule has 2 atom stereocenters. The number of benzene rings is 1. The molecule has 0 aliphatic carbocycles. The predicted molar refractivity (Wildman–Crippen MR) is 102 cm³/mol. The van der Waals surface area contributed by atoms with Crippen molar-refractivity contribution in [3.05, 3.63) is 48.0 Å². The molecule has 28 heavy (non-hydrogen) atoms. The Labute approximate surface area is 161 Å². The topological polar surface area (TPSA) is 101 Å². The van der Waals surface area contributed by atoms with Crippen molar-refractivity contribution in [1.29, 1.82) is 0 Å². The first-order valence-electron chi connectivity index (χ1n) is 9.26. The van der Waals surface area contributed by atoms with E-state index in [2.05, 4.69) is 15.3 Å². The molecule has 1 aromatic carbocycles. The molecule has 144 valence electrons. The lowest BCUT2D eigenvalue weighted by Gasteiger charge is -2.35. The smallest absolute Gasteiger partial charge is 0.326 e. The largest absolute Gasteiger partial charge is 0.480 e. The van der Waals surface area contributed by atoms with E-state index in [0.29, 0.717) is 18.7 Å². The molecule has 0 spiro atoms. The number of piperidine rings is 1. The first-order valence-corrected chi connectivity index (χ1v) is 9.26. The van der Waals surface area contributed by atoms with Crippen molar-refractivity contribution in [1.82, 2.24) is 24.9 Å². The number of hydrogen-bond donors (Lipinski definition) is 1. The van der Waals surface area contributed by atoms with Crippen LogP contribution in [0.15, 0.2) is 36.7 Å². The molecule has 2 aromatic heterocycles. The summed E-state index contributed by atoms with van der Waals surface area (Å²) in [5.74, 6) is -1.09. The van der Waals surface area contributed by atoms with Crippen LogP contribution in [0.25, 0.3) is 16.5 Å². The van der Waals surface area contributed by atoms with Gasteiger partial charge in [-0.3, -0.25) is 9.78 Å². The van der Waals surface area contributed by atoms with Crippen LogP contribution in [-0.4, -0.2) is 54.4 Å². The molecule has 0 bridgehead atoms. The molecule has 3 aromatic rings. The quantitative estimate of drug-likeness (QED) is 0.750. The second kappa shape index (κ2) is 7.03. The number of rotatable bonds is 3. The molecule has 0 saturated carbocycles. The molecule has 4 rings (SSSR count). The van der Waals surface area contributed by atoms with E-state index in [-0.39, 0.29) is 17.5 Å². The van der Waals surface area contributed by atoms with E-state index in [0.717, 1.165) is 22.9 Å². The molecule has 8 nitrogen and oxygen atoms in total. The fourth-order valence-electron chi connectivity index (χ4n) is 3.80. The summed E-state index contributed by atoms with van der Waals surface area (Å²) in [5.41, 5.74) is 1.56. The highest BCUT2D eigenvalue weighted by molar-refractivity contribution is 5.96. The number of pyridine rings is 1. The van der Waals surface area contributed by atoms with Crippen molar-refractivity contribution >= 4 is 22.6 Å². The average Bonchev–Trinajstić information content (AvgIpc) is 3.08. The lowest BCUT2D eigenvalue weighted by molar-refractivity contribution is -0.144. The molecule has 1 aliphatic rings. The zero-order chi connectivity index (χ0) is 19.8. The third kappa shape index (κ3) is 3.00. The number of amides is 1. The number of carboxylic acid groups (broad SMARTS) is 1. The van der Waals surface area contributed by atoms with Gasteiger partial charge in [0, 0.05) is 29.7 Å². The van der Waals surface area contributed by atoms with Crippen molar-refractivity contribution in [2.24, 2.45) is 5.92 Å². The summed E-state index contributed by atoms with van der Waals surface area (Å²) >= 11 is 0. The van der Waals surface area contributed by atoms with Crippen LogP contribution in [0.3, 0.4) is 0 Å². The minimum absolute atomic E-state index is 0.187. The summed E-state index contributed by atoms with van der Waals surface area (Å²) in [5, 5.41) is 19.7. The van der Waals surface area contributed by atoms with Gasteiger partial charge in [-0.1, -0.05) is 24.3 Å². The molecule has 1 fully saturated rings. The number of carboxylic acids is 1. The van der Waals surface area contributed by atoms with Gasteiger partial charge in [-0.05, 0) is 37.8 Å². The van der Waals surface area contributed by atoms with Crippen LogP contribution >= 0.6 is 0 Å². The summed E-state index contributed by atoms with van der Waals surface area (Å²) in [6.45, 7) is 4.19. The van der Waals surface area contributed by atoms with Crippen molar-refractivity contribution in [2.45, 2.75) is 32.7 Å². The Morgan fingerprint density at radius 3 is 2.86 bits per heavy atom. The Morgan fingerprint density at radius 2 is 2.07 bits per heavy atom. The van der Waals surface area contributed by atoms with Crippen LogP contribution in [0, 0.1) is 12.8 Å². The number of fused-ring (bicyclic) bond motifs is 1.